The fourth-order valence-corrected chi connectivity index (χ4v) is 4.65. The Hall–Kier alpha value is -2.84. The van der Waals surface area contributed by atoms with Crippen LogP contribution in [0.1, 0.15) is 37.8 Å². The van der Waals surface area contributed by atoms with Gasteiger partial charge in [-0.25, -0.2) is 0 Å². The highest BCUT2D eigenvalue weighted by molar-refractivity contribution is 8.00. The number of morpholine rings is 1. The third-order valence-electron chi connectivity index (χ3n) is 5.69. The van der Waals surface area contributed by atoms with E-state index >= 15 is 0 Å². The number of carbonyl (C=O) groups is 1. The third-order valence-corrected chi connectivity index (χ3v) is 6.74. The van der Waals surface area contributed by atoms with Crippen molar-refractivity contribution in [1.29, 1.82) is 0 Å². The van der Waals surface area contributed by atoms with Crippen LogP contribution in [0, 0.1) is 6.92 Å². The molecule has 1 unspecified atom stereocenters. The Morgan fingerprint density at radius 1 is 1.03 bits per heavy atom. The number of thioether (sulfide) groups is 1. The molecule has 1 aliphatic rings. The van der Waals surface area contributed by atoms with Crippen molar-refractivity contribution >= 4 is 29.3 Å². The van der Waals surface area contributed by atoms with E-state index in [2.05, 4.69) is 71.5 Å². The number of rotatable bonds is 7. The molecule has 33 heavy (non-hydrogen) atoms. The van der Waals surface area contributed by atoms with Gasteiger partial charge in [0.1, 0.15) is 0 Å². The van der Waals surface area contributed by atoms with Gasteiger partial charge in [0.05, 0.1) is 24.2 Å². The first-order valence-electron chi connectivity index (χ1n) is 11.4. The van der Waals surface area contributed by atoms with Gasteiger partial charge in [-0.2, -0.15) is 0 Å². The SMILES string of the molecule is Cc1ccc(-n2c(SC(C)C(=O)Nc3ccccc3C(C)C)nnc2N2CCOCC2)cc1. The van der Waals surface area contributed by atoms with Gasteiger partial charge in [0, 0.05) is 18.8 Å². The minimum Gasteiger partial charge on any atom is -0.378 e. The van der Waals surface area contributed by atoms with Crippen molar-refractivity contribution in [2.75, 3.05) is 36.5 Å². The van der Waals surface area contributed by atoms with Crippen molar-refractivity contribution in [3.05, 3.63) is 59.7 Å². The molecule has 0 aliphatic carbocycles. The van der Waals surface area contributed by atoms with Crippen molar-refractivity contribution in [1.82, 2.24) is 14.8 Å². The Morgan fingerprint density at radius 2 is 1.73 bits per heavy atom. The molecule has 2 aromatic carbocycles. The third kappa shape index (κ3) is 5.39. The van der Waals surface area contributed by atoms with Gasteiger partial charge < -0.3 is 15.0 Å². The lowest BCUT2D eigenvalue weighted by Gasteiger charge is -2.28. The Balaban J connectivity index is 1.59. The topological polar surface area (TPSA) is 72.3 Å². The number of carbonyl (C=O) groups excluding carboxylic acids is 1. The van der Waals surface area contributed by atoms with Crippen LogP contribution in [0.15, 0.2) is 53.7 Å². The summed E-state index contributed by atoms with van der Waals surface area (Å²) in [6.07, 6.45) is 0. The molecule has 0 bridgehead atoms. The molecule has 4 rings (SSSR count). The molecule has 8 heteroatoms. The maximum Gasteiger partial charge on any atom is 0.237 e. The largest absolute Gasteiger partial charge is 0.378 e. The normalized spacial score (nSPS) is 15.0. The first-order chi connectivity index (χ1) is 15.9. The molecule has 174 valence electrons. The number of nitrogens with one attached hydrogen (secondary N) is 1. The number of ether oxygens (including phenoxy) is 1. The van der Waals surface area contributed by atoms with E-state index in [1.165, 1.54) is 17.3 Å². The van der Waals surface area contributed by atoms with E-state index in [0.29, 0.717) is 24.3 Å². The molecule has 1 amide bonds. The summed E-state index contributed by atoms with van der Waals surface area (Å²) in [5.41, 5.74) is 4.15. The predicted molar refractivity (Wildman–Crippen MR) is 134 cm³/mol. The molecule has 1 atom stereocenters. The number of benzene rings is 2. The maximum absolute atomic E-state index is 13.1. The smallest absolute Gasteiger partial charge is 0.237 e. The standard InChI is InChI=1S/C25H31N5O2S/c1-17(2)21-7-5-6-8-22(21)26-23(31)19(4)33-25-28-27-24(29-13-15-32-16-14-29)30(25)20-11-9-18(3)10-12-20/h5-12,17,19H,13-16H2,1-4H3,(H,26,31). The number of hydrogen-bond acceptors (Lipinski definition) is 6. The Bertz CT molecular complexity index is 1090. The molecular formula is C25H31N5O2S. The fraction of sp³-hybridized carbons (Fsp3) is 0.400. The van der Waals surface area contributed by atoms with Crippen LogP contribution in [-0.2, 0) is 9.53 Å². The number of hydrogen-bond donors (Lipinski definition) is 1. The lowest BCUT2D eigenvalue weighted by Crippen LogP contribution is -2.38. The molecule has 1 fully saturated rings. The van der Waals surface area contributed by atoms with Crippen LogP contribution < -0.4 is 10.2 Å². The predicted octanol–water partition coefficient (Wildman–Crippen LogP) is 4.66. The van der Waals surface area contributed by atoms with Crippen LogP contribution in [0.2, 0.25) is 0 Å². The molecule has 0 radical (unpaired) electrons. The van der Waals surface area contributed by atoms with Gasteiger partial charge in [0.15, 0.2) is 5.16 Å². The number of amides is 1. The molecule has 0 spiro atoms. The minimum atomic E-state index is -0.351. The summed E-state index contributed by atoms with van der Waals surface area (Å²) in [5.74, 6) is 1.05. The molecule has 1 aliphatic heterocycles. The van der Waals surface area contributed by atoms with Crippen molar-refractivity contribution in [3.63, 3.8) is 0 Å². The van der Waals surface area contributed by atoms with E-state index in [0.717, 1.165) is 36.0 Å². The van der Waals surface area contributed by atoms with E-state index in [-0.39, 0.29) is 11.2 Å². The summed E-state index contributed by atoms with van der Waals surface area (Å²) in [6, 6.07) is 16.2. The van der Waals surface area contributed by atoms with Crippen molar-refractivity contribution in [3.8, 4) is 5.69 Å². The zero-order valence-corrected chi connectivity index (χ0v) is 20.4. The number of para-hydroxylation sites is 1. The first kappa shape index (κ1) is 23.3. The van der Waals surface area contributed by atoms with Crippen molar-refractivity contribution in [2.45, 2.75) is 44.0 Å². The molecular weight excluding hydrogens is 434 g/mol. The quantitative estimate of drug-likeness (QED) is 0.512. The molecule has 2 heterocycles. The second-order valence-electron chi connectivity index (χ2n) is 8.54. The molecule has 3 aromatic rings. The van der Waals surface area contributed by atoms with Gasteiger partial charge in [0.25, 0.3) is 0 Å². The van der Waals surface area contributed by atoms with Gasteiger partial charge in [0.2, 0.25) is 11.9 Å². The zero-order chi connectivity index (χ0) is 23.4. The van der Waals surface area contributed by atoms with E-state index < -0.39 is 0 Å². The Labute approximate surface area is 199 Å². The number of aryl methyl sites for hydroxylation is 1. The van der Waals surface area contributed by atoms with E-state index in [4.69, 9.17) is 4.74 Å². The minimum absolute atomic E-state index is 0.0560. The van der Waals surface area contributed by atoms with Crippen LogP contribution in [0.4, 0.5) is 11.6 Å². The Kier molecular flexibility index (Phi) is 7.35. The van der Waals surface area contributed by atoms with Gasteiger partial charge in [-0.3, -0.25) is 9.36 Å². The molecule has 1 aromatic heterocycles. The van der Waals surface area contributed by atoms with Crippen LogP contribution >= 0.6 is 11.8 Å². The average Bonchev–Trinajstić information content (AvgIpc) is 3.23. The highest BCUT2D eigenvalue weighted by Crippen LogP contribution is 2.31. The zero-order valence-electron chi connectivity index (χ0n) is 19.6. The summed E-state index contributed by atoms with van der Waals surface area (Å²) in [5, 5.41) is 12.4. The van der Waals surface area contributed by atoms with Crippen LogP contribution in [0.3, 0.4) is 0 Å². The highest BCUT2D eigenvalue weighted by Gasteiger charge is 2.25. The van der Waals surface area contributed by atoms with Crippen molar-refractivity contribution in [2.24, 2.45) is 0 Å². The second-order valence-corrected chi connectivity index (χ2v) is 9.85. The van der Waals surface area contributed by atoms with Crippen LogP contribution in [0.5, 0.6) is 0 Å². The summed E-state index contributed by atoms with van der Waals surface area (Å²) < 4.78 is 7.55. The summed E-state index contributed by atoms with van der Waals surface area (Å²) in [7, 11) is 0. The van der Waals surface area contributed by atoms with E-state index in [1.54, 1.807) is 0 Å². The van der Waals surface area contributed by atoms with Gasteiger partial charge in [-0.1, -0.05) is 61.5 Å². The van der Waals surface area contributed by atoms with Crippen molar-refractivity contribution < 1.29 is 9.53 Å². The molecule has 0 saturated carbocycles. The first-order valence-corrected chi connectivity index (χ1v) is 12.2. The summed E-state index contributed by atoms with van der Waals surface area (Å²) in [6.45, 7) is 11.1. The summed E-state index contributed by atoms with van der Waals surface area (Å²) >= 11 is 1.42. The number of aromatic nitrogens is 3. The summed E-state index contributed by atoms with van der Waals surface area (Å²) in [4.78, 5) is 15.3. The average molecular weight is 466 g/mol. The molecule has 1 saturated heterocycles. The molecule has 7 nitrogen and oxygen atoms in total. The maximum atomic E-state index is 13.1. The van der Waals surface area contributed by atoms with Gasteiger partial charge in [-0.15, -0.1) is 10.2 Å². The van der Waals surface area contributed by atoms with Crippen LogP contribution in [-0.4, -0.2) is 52.2 Å². The highest BCUT2D eigenvalue weighted by atomic mass is 32.2. The lowest BCUT2D eigenvalue weighted by atomic mass is 10.0. The van der Waals surface area contributed by atoms with Gasteiger partial charge in [-0.05, 0) is 43.5 Å². The number of nitrogens with zero attached hydrogens (tertiary/aromatic N) is 4. The van der Waals surface area contributed by atoms with E-state index in [9.17, 15) is 4.79 Å². The lowest BCUT2D eigenvalue weighted by molar-refractivity contribution is -0.115. The monoisotopic (exact) mass is 465 g/mol. The number of anilines is 2. The van der Waals surface area contributed by atoms with Crippen LogP contribution in [0.25, 0.3) is 5.69 Å². The molecule has 1 N–H and O–H groups in total. The Morgan fingerprint density at radius 3 is 2.42 bits per heavy atom. The van der Waals surface area contributed by atoms with Gasteiger partial charge >= 0.3 is 0 Å². The fourth-order valence-electron chi connectivity index (χ4n) is 3.79. The van der Waals surface area contributed by atoms with E-state index in [1.807, 2.05) is 29.7 Å². The second kappa shape index (κ2) is 10.4.